The zero-order valence-corrected chi connectivity index (χ0v) is 21.0. The van der Waals surface area contributed by atoms with Crippen LogP contribution in [0.3, 0.4) is 0 Å². The van der Waals surface area contributed by atoms with Gasteiger partial charge in [-0.1, -0.05) is 12.1 Å². The van der Waals surface area contributed by atoms with E-state index in [4.69, 9.17) is 4.98 Å². The van der Waals surface area contributed by atoms with Crippen molar-refractivity contribution < 1.29 is 14.3 Å². The first-order valence-corrected chi connectivity index (χ1v) is 12.3. The van der Waals surface area contributed by atoms with Crippen molar-refractivity contribution in [2.24, 2.45) is 7.05 Å². The van der Waals surface area contributed by atoms with E-state index in [9.17, 15) is 14.3 Å². The second-order valence-corrected chi connectivity index (χ2v) is 9.46. The Labute approximate surface area is 218 Å². The number of anilines is 2. The van der Waals surface area contributed by atoms with Crippen molar-refractivity contribution in [3.63, 3.8) is 0 Å². The molecule has 0 saturated heterocycles. The maximum Gasteiger partial charge on any atom is 0.270 e. The number of nitrogens with zero attached hydrogens (tertiary/aromatic N) is 6. The molecule has 0 fully saturated rings. The van der Waals surface area contributed by atoms with E-state index in [0.29, 0.717) is 35.9 Å². The minimum Gasteiger partial charge on any atom is -0.392 e. The summed E-state index contributed by atoms with van der Waals surface area (Å²) in [6.45, 7) is 3.03. The lowest BCUT2D eigenvalue weighted by atomic mass is 10.1. The number of aromatic nitrogens is 5. The van der Waals surface area contributed by atoms with E-state index in [0.717, 1.165) is 33.4 Å². The van der Waals surface area contributed by atoms with E-state index >= 15 is 0 Å². The number of carbonyl (C=O) groups excluding carboxylic acids is 1. The van der Waals surface area contributed by atoms with Gasteiger partial charge < -0.3 is 19.9 Å². The zero-order chi connectivity index (χ0) is 26.4. The maximum atomic E-state index is 13.8. The number of hydrogen-bond donors (Lipinski definition) is 2. The minimum atomic E-state index is -0.393. The standard InChI is InChI=1S/C28H26FN7O2/c1-17-12-30-28(32-23-4-3-5-24-22(23)13-31-34(24)2)33-26(17)20-11-25-27(38)36(9-8-35(25)15-20)14-19-10-21(29)7-6-18(19)16-37/h3-7,10-13,15,37H,8-9,14,16H2,1-2H3,(H,30,32,33). The Balaban J connectivity index is 1.28. The molecule has 4 heterocycles. The fourth-order valence-electron chi connectivity index (χ4n) is 4.95. The molecule has 0 radical (unpaired) electrons. The summed E-state index contributed by atoms with van der Waals surface area (Å²) in [5.41, 5.74) is 6.04. The number of carbonyl (C=O) groups is 1. The van der Waals surface area contributed by atoms with Crippen molar-refractivity contribution in [1.29, 1.82) is 0 Å². The molecule has 6 rings (SSSR count). The van der Waals surface area contributed by atoms with Crippen LogP contribution in [0.25, 0.3) is 22.2 Å². The molecular formula is C28H26FN7O2. The first-order valence-electron chi connectivity index (χ1n) is 12.3. The summed E-state index contributed by atoms with van der Waals surface area (Å²) in [6, 6.07) is 12.0. The van der Waals surface area contributed by atoms with Gasteiger partial charge in [0.2, 0.25) is 5.95 Å². The number of rotatable bonds is 6. The Bertz CT molecular complexity index is 1690. The summed E-state index contributed by atoms with van der Waals surface area (Å²) in [6.07, 6.45) is 5.51. The molecule has 0 bridgehead atoms. The normalized spacial score (nSPS) is 13.3. The quantitative estimate of drug-likeness (QED) is 0.355. The van der Waals surface area contributed by atoms with Crippen LogP contribution in [0.1, 0.15) is 27.2 Å². The molecule has 1 aliphatic heterocycles. The first-order chi connectivity index (χ1) is 18.4. The van der Waals surface area contributed by atoms with Gasteiger partial charge in [0.05, 0.1) is 29.7 Å². The first kappa shape index (κ1) is 23.8. The lowest BCUT2D eigenvalue weighted by Crippen LogP contribution is -2.39. The Morgan fingerprint density at radius 1 is 1.11 bits per heavy atom. The maximum absolute atomic E-state index is 13.8. The summed E-state index contributed by atoms with van der Waals surface area (Å²) in [5, 5.41) is 18.2. The van der Waals surface area contributed by atoms with Gasteiger partial charge in [-0.2, -0.15) is 5.10 Å². The molecule has 1 aliphatic rings. The van der Waals surface area contributed by atoms with Gasteiger partial charge in [0, 0.05) is 50.0 Å². The Hall–Kier alpha value is -4.57. The summed E-state index contributed by atoms with van der Waals surface area (Å²) in [7, 11) is 1.90. The number of amides is 1. The third kappa shape index (κ3) is 4.18. The van der Waals surface area contributed by atoms with Gasteiger partial charge in [-0.15, -0.1) is 0 Å². The minimum absolute atomic E-state index is 0.149. The van der Waals surface area contributed by atoms with E-state index in [1.807, 2.05) is 53.7 Å². The summed E-state index contributed by atoms with van der Waals surface area (Å²) in [4.78, 5) is 24.3. The highest BCUT2D eigenvalue weighted by atomic mass is 19.1. The zero-order valence-electron chi connectivity index (χ0n) is 21.0. The topological polar surface area (TPSA) is 101 Å². The molecule has 0 saturated carbocycles. The molecule has 0 unspecified atom stereocenters. The molecule has 1 amide bonds. The second kappa shape index (κ2) is 9.38. The van der Waals surface area contributed by atoms with Gasteiger partial charge >= 0.3 is 0 Å². The number of fused-ring (bicyclic) bond motifs is 2. The van der Waals surface area contributed by atoms with Gasteiger partial charge in [0.25, 0.3) is 5.91 Å². The van der Waals surface area contributed by atoms with Crippen molar-refractivity contribution >= 4 is 28.4 Å². The van der Waals surface area contributed by atoms with E-state index in [1.165, 1.54) is 12.1 Å². The van der Waals surface area contributed by atoms with E-state index in [-0.39, 0.29) is 19.1 Å². The third-order valence-corrected chi connectivity index (χ3v) is 7.00. The molecule has 2 N–H and O–H groups in total. The molecule has 0 spiro atoms. The van der Waals surface area contributed by atoms with Crippen LogP contribution in [0.15, 0.2) is 61.1 Å². The van der Waals surface area contributed by atoms with Crippen LogP contribution < -0.4 is 5.32 Å². The van der Waals surface area contributed by atoms with Gasteiger partial charge in [0.1, 0.15) is 11.5 Å². The van der Waals surface area contributed by atoms with Crippen LogP contribution in [-0.2, 0) is 26.7 Å². The summed E-state index contributed by atoms with van der Waals surface area (Å²) >= 11 is 0. The highest BCUT2D eigenvalue weighted by Gasteiger charge is 2.27. The molecule has 2 aromatic carbocycles. The largest absolute Gasteiger partial charge is 0.392 e. The Kier molecular flexibility index (Phi) is 5.88. The summed E-state index contributed by atoms with van der Waals surface area (Å²) in [5.74, 6) is -0.0959. The SMILES string of the molecule is Cc1cnc(Nc2cccc3c2cnn3C)nc1-c1cc2n(c1)CCN(Cc1cc(F)ccc1CO)C2=O. The Morgan fingerprint density at radius 2 is 1.97 bits per heavy atom. The average molecular weight is 512 g/mol. The number of nitrogens with one attached hydrogen (secondary N) is 1. The highest BCUT2D eigenvalue weighted by molar-refractivity contribution is 5.95. The van der Waals surface area contributed by atoms with E-state index in [2.05, 4.69) is 15.4 Å². The van der Waals surface area contributed by atoms with Crippen LogP contribution in [-0.4, -0.2) is 46.8 Å². The Morgan fingerprint density at radius 3 is 2.82 bits per heavy atom. The van der Waals surface area contributed by atoms with Crippen molar-refractivity contribution in [3.05, 3.63) is 89.3 Å². The third-order valence-electron chi connectivity index (χ3n) is 7.00. The second-order valence-electron chi connectivity index (χ2n) is 9.46. The van der Waals surface area contributed by atoms with E-state index < -0.39 is 5.82 Å². The van der Waals surface area contributed by atoms with Crippen molar-refractivity contribution in [2.45, 2.75) is 26.6 Å². The molecule has 3 aromatic heterocycles. The lowest BCUT2D eigenvalue weighted by Gasteiger charge is -2.29. The molecule has 38 heavy (non-hydrogen) atoms. The van der Waals surface area contributed by atoms with Crippen molar-refractivity contribution in [2.75, 3.05) is 11.9 Å². The van der Waals surface area contributed by atoms with Crippen LogP contribution in [0.4, 0.5) is 16.0 Å². The van der Waals surface area contributed by atoms with Crippen molar-refractivity contribution in [3.8, 4) is 11.3 Å². The lowest BCUT2D eigenvalue weighted by molar-refractivity contribution is 0.0689. The van der Waals surface area contributed by atoms with Crippen LogP contribution in [0.5, 0.6) is 0 Å². The monoisotopic (exact) mass is 511 g/mol. The number of hydrogen-bond acceptors (Lipinski definition) is 6. The molecule has 0 aliphatic carbocycles. The molecule has 0 atom stereocenters. The van der Waals surface area contributed by atoms with Crippen molar-refractivity contribution in [1.82, 2.24) is 29.2 Å². The van der Waals surface area contributed by atoms with Crippen LogP contribution >= 0.6 is 0 Å². The number of aliphatic hydroxyl groups is 1. The summed E-state index contributed by atoms with van der Waals surface area (Å²) < 4.78 is 17.6. The molecule has 10 heteroatoms. The van der Waals surface area contributed by atoms with Gasteiger partial charge in [-0.05, 0) is 53.9 Å². The van der Waals surface area contributed by atoms with Gasteiger partial charge in [-0.3, -0.25) is 9.48 Å². The fourth-order valence-corrected chi connectivity index (χ4v) is 4.95. The highest BCUT2D eigenvalue weighted by Crippen LogP contribution is 2.30. The molecular weight excluding hydrogens is 485 g/mol. The van der Waals surface area contributed by atoms with E-state index in [1.54, 1.807) is 23.4 Å². The number of aryl methyl sites for hydroxylation is 2. The average Bonchev–Trinajstić information content (AvgIpc) is 3.52. The smallest absolute Gasteiger partial charge is 0.270 e. The molecule has 5 aromatic rings. The predicted octanol–water partition coefficient (Wildman–Crippen LogP) is 4.17. The fraction of sp³-hybridized carbons (Fsp3) is 0.214. The van der Waals surface area contributed by atoms with Gasteiger partial charge in [0.15, 0.2) is 0 Å². The van der Waals surface area contributed by atoms with Gasteiger partial charge in [-0.25, -0.2) is 14.4 Å². The molecule has 192 valence electrons. The van der Waals surface area contributed by atoms with Crippen LogP contribution in [0, 0.1) is 12.7 Å². The molecule has 9 nitrogen and oxygen atoms in total. The predicted molar refractivity (Wildman–Crippen MR) is 141 cm³/mol. The number of halogens is 1. The number of benzene rings is 2. The number of aliphatic hydroxyl groups excluding tert-OH is 1. The van der Waals surface area contributed by atoms with Crippen LogP contribution in [0.2, 0.25) is 0 Å².